The molecule has 0 spiro atoms. The van der Waals surface area contributed by atoms with Crippen LogP contribution in [-0.2, 0) is 16.6 Å². The van der Waals surface area contributed by atoms with Crippen molar-refractivity contribution in [1.29, 1.82) is 0 Å². The van der Waals surface area contributed by atoms with Crippen LogP contribution in [0.15, 0.2) is 106 Å². The number of hydrogen-bond donors (Lipinski definition) is 1. The van der Waals surface area contributed by atoms with Crippen LogP contribution in [0.5, 0.6) is 5.75 Å². The summed E-state index contributed by atoms with van der Waals surface area (Å²) in [5, 5.41) is 5.92. The van der Waals surface area contributed by atoms with Crippen molar-refractivity contribution in [1.82, 2.24) is 5.43 Å². The number of amides is 1. The Morgan fingerprint density at radius 1 is 0.971 bits per heavy atom. The minimum Gasteiger partial charge on any atom is -0.497 e. The van der Waals surface area contributed by atoms with Gasteiger partial charge < -0.3 is 4.74 Å². The van der Waals surface area contributed by atoms with Crippen molar-refractivity contribution in [2.75, 3.05) is 11.4 Å². The number of hydrogen-bond acceptors (Lipinski definition) is 6. The smallest absolute Gasteiger partial charge is 0.273 e. The molecule has 1 N–H and O–H groups in total. The fourth-order valence-corrected chi connectivity index (χ4v) is 5.44. The molecule has 1 heterocycles. The van der Waals surface area contributed by atoms with E-state index in [-0.39, 0.29) is 22.7 Å². The Morgan fingerprint density at radius 2 is 1.69 bits per heavy atom. The molecule has 0 fully saturated rings. The molecule has 0 aliphatic carbocycles. The van der Waals surface area contributed by atoms with E-state index in [1.54, 1.807) is 42.6 Å². The minimum atomic E-state index is -4.03. The average molecular weight is 506 g/mol. The lowest BCUT2D eigenvalue weighted by molar-refractivity contribution is 0.0956. The van der Waals surface area contributed by atoms with E-state index in [1.165, 1.54) is 34.9 Å². The Kier molecular flexibility index (Phi) is 7.59. The Morgan fingerprint density at radius 3 is 2.37 bits per heavy atom. The van der Waals surface area contributed by atoms with Gasteiger partial charge in [0.05, 0.1) is 36.0 Å². The monoisotopic (exact) mass is 505 g/mol. The van der Waals surface area contributed by atoms with E-state index < -0.39 is 15.9 Å². The third-order valence-corrected chi connectivity index (χ3v) is 7.72. The zero-order valence-corrected chi connectivity index (χ0v) is 20.5. The van der Waals surface area contributed by atoms with E-state index in [1.807, 2.05) is 47.8 Å². The van der Waals surface area contributed by atoms with Crippen molar-refractivity contribution >= 4 is 39.2 Å². The van der Waals surface area contributed by atoms with Gasteiger partial charge in [-0.05, 0) is 53.4 Å². The third kappa shape index (κ3) is 5.76. The highest BCUT2D eigenvalue weighted by Gasteiger charge is 2.28. The molecular weight excluding hydrogens is 482 g/mol. The molecule has 0 saturated carbocycles. The second-order valence-electron chi connectivity index (χ2n) is 7.40. The third-order valence-electron chi connectivity index (χ3n) is 5.13. The van der Waals surface area contributed by atoms with Gasteiger partial charge in [-0.2, -0.15) is 5.10 Å². The molecule has 0 radical (unpaired) electrons. The zero-order valence-electron chi connectivity index (χ0n) is 18.9. The van der Waals surface area contributed by atoms with Crippen molar-refractivity contribution < 1.29 is 17.9 Å². The van der Waals surface area contributed by atoms with Crippen molar-refractivity contribution in [2.45, 2.75) is 11.4 Å². The topological polar surface area (TPSA) is 88.1 Å². The first-order valence-electron chi connectivity index (χ1n) is 10.7. The number of carbonyl (C=O) groups excluding carboxylic acids is 1. The number of nitrogens with one attached hydrogen (secondary N) is 1. The second-order valence-corrected chi connectivity index (χ2v) is 10.2. The second kappa shape index (κ2) is 11.0. The molecule has 0 atom stereocenters. The molecule has 7 nitrogen and oxygen atoms in total. The Hall–Kier alpha value is -3.95. The average Bonchev–Trinajstić information content (AvgIpc) is 3.41. The first-order chi connectivity index (χ1) is 17.0. The highest BCUT2D eigenvalue weighted by molar-refractivity contribution is 7.92. The Balaban J connectivity index is 1.72. The fraction of sp³-hybridized carbons (Fsp3) is 0.0769. The van der Waals surface area contributed by atoms with E-state index in [0.717, 1.165) is 10.4 Å². The van der Waals surface area contributed by atoms with Gasteiger partial charge in [-0.1, -0.05) is 48.5 Å². The number of carbonyl (C=O) groups is 1. The van der Waals surface area contributed by atoms with E-state index >= 15 is 0 Å². The van der Waals surface area contributed by atoms with Crippen LogP contribution in [-0.4, -0.2) is 27.6 Å². The standard InChI is InChI=1S/C26H23N3O4S2/c1-33-21-13-15-23(16-14-21)35(31,32)29(19-20-8-3-2-4-9-20)25-12-6-5-11-24(25)26(30)28-27-18-22-10-7-17-34-22/h2-18H,19H2,1H3,(H,28,30)/b27-18-. The van der Waals surface area contributed by atoms with Gasteiger partial charge in [0.2, 0.25) is 0 Å². The normalized spacial score (nSPS) is 11.3. The molecule has 0 unspecified atom stereocenters. The summed E-state index contributed by atoms with van der Waals surface area (Å²) in [7, 11) is -2.51. The maximum absolute atomic E-state index is 13.8. The number of thiophene rings is 1. The lowest BCUT2D eigenvalue weighted by Gasteiger charge is -2.26. The van der Waals surface area contributed by atoms with E-state index in [9.17, 15) is 13.2 Å². The summed E-state index contributed by atoms with van der Waals surface area (Å²) >= 11 is 1.49. The molecule has 4 aromatic rings. The highest BCUT2D eigenvalue weighted by atomic mass is 32.2. The molecule has 0 bridgehead atoms. The fourth-order valence-electron chi connectivity index (χ4n) is 3.39. The number of methoxy groups -OCH3 is 1. The summed E-state index contributed by atoms with van der Waals surface area (Å²) in [6.45, 7) is 0.0396. The molecule has 3 aromatic carbocycles. The highest BCUT2D eigenvalue weighted by Crippen LogP contribution is 2.30. The predicted octanol–water partition coefficient (Wildman–Crippen LogP) is 4.92. The molecule has 178 valence electrons. The molecule has 0 aliphatic heterocycles. The maximum Gasteiger partial charge on any atom is 0.273 e. The van der Waals surface area contributed by atoms with Crippen LogP contribution in [0.2, 0.25) is 0 Å². The molecule has 4 rings (SSSR count). The summed E-state index contributed by atoms with van der Waals surface area (Å²) < 4.78 is 34.0. The van der Waals surface area contributed by atoms with Crippen LogP contribution in [0.4, 0.5) is 5.69 Å². The summed E-state index contributed by atoms with van der Waals surface area (Å²) in [4.78, 5) is 14.0. The van der Waals surface area contributed by atoms with Crippen molar-refractivity contribution in [3.05, 3.63) is 112 Å². The lowest BCUT2D eigenvalue weighted by atomic mass is 10.1. The molecule has 35 heavy (non-hydrogen) atoms. The molecule has 0 saturated heterocycles. The number of rotatable bonds is 9. The van der Waals surface area contributed by atoms with Crippen LogP contribution in [0.1, 0.15) is 20.8 Å². The number of benzene rings is 3. The van der Waals surface area contributed by atoms with E-state index in [0.29, 0.717) is 5.75 Å². The Bertz CT molecular complexity index is 1400. The number of ether oxygens (including phenoxy) is 1. The number of hydrazone groups is 1. The van der Waals surface area contributed by atoms with E-state index in [2.05, 4.69) is 10.5 Å². The quantitative estimate of drug-likeness (QED) is 0.258. The number of sulfonamides is 1. The minimum absolute atomic E-state index is 0.0396. The molecule has 1 amide bonds. The van der Waals surface area contributed by atoms with E-state index in [4.69, 9.17) is 4.74 Å². The van der Waals surface area contributed by atoms with Gasteiger partial charge in [0, 0.05) is 4.88 Å². The first kappa shape index (κ1) is 24.2. The van der Waals surface area contributed by atoms with Gasteiger partial charge in [-0.25, -0.2) is 13.8 Å². The largest absolute Gasteiger partial charge is 0.497 e. The molecule has 9 heteroatoms. The molecule has 0 aliphatic rings. The van der Waals surface area contributed by atoms with Crippen LogP contribution >= 0.6 is 11.3 Å². The van der Waals surface area contributed by atoms with Crippen molar-refractivity contribution in [3.8, 4) is 5.75 Å². The first-order valence-corrected chi connectivity index (χ1v) is 13.0. The Labute approximate surface area is 208 Å². The van der Waals surface area contributed by atoms with Gasteiger partial charge in [0.25, 0.3) is 15.9 Å². The molecule has 1 aromatic heterocycles. The summed E-state index contributed by atoms with van der Waals surface area (Å²) in [5.41, 5.74) is 3.71. The zero-order chi connectivity index (χ0) is 24.7. The number of nitrogens with zero attached hydrogens (tertiary/aromatic N) is 2. The van der Waals surface area contributed by atoms with Crippen LogP contribution in [0.3, 0.4) is 0 Å². The van der Waals surface area contributed by atoms with Gasteiger partial charge in [-0.3, -0.25) is 9.10 Å². The van der Waals surface area contributed by atoms with Crippen molar-refractivity contribution in [2.24, 2.45) is 5.10 Å². The SMILES string of the molecule is COc1ccc(S(=O)(=O)N(Cc2ccccc2)c2ccccc2C(=O)N/N=C\c2cccs2)cc1. The predicted molar refractivity (Wildman–Crippen MR) is 139 cm³/mol. The van der Waals surface area contributed by atoms with Gasteiger partial charge in [0.15, 0.2) is 0 Å². The van der Waals surface area contributed by atoms with Gasteiger partial charge in [0.1, 0.15) is 5.75 Å². The van der Waals surface area contributed by atoms with Crippen molar-refractivity contribution in [3.63, 3.8) is 0 Å². The van der Waals surface area contributed by atoms with Crippen LogP contribution in [0, 0.1) is 0 Å². The number of para-hydroxylation sites is 1. The van der Waals surface area contributed by atoms with Crippen LogP contribution < -0.4 is 14.5 Å². The summed E-state index contributed by atoms with van der Waals surface area (Å²) in [6.07, 6.45) is 1.54. The lowest BCUT2D eigenvalue weighted by Crippen LogP contribution is -2.33. The summed E-state index contributed by atoms with van der Waals surface area (Å²) in [5.74, 6) is 0.0262. The van der Waals surface area contributed by atoms with Gasteiger partial charge >= 0.3 is 0 Å². The maximum atomic E-state index is 13.8. The van der Waals surface area contributed by atoms with Gasteiger partial charge in [-0.15, -0.1) is 11.3 Å². The number of anilines is 1. The molecular formula is C26H23N3O4S2. The summed E-state index contributed by atoms with van der Waals surface area (Å²) in [6, 6.07) is 25.7. The van der Waals surface area contributed by atoms with Crippen LogP contribution in [0.25, 0.3) is 0 Å².